The average Bonchev–Trinajstić information content (AvgIpc) is 2.79. The van der Waals surface area contributed by atoms with Crippen molar-refractivity contribution in [3.8, 4) is 0 Å². The van der Waals surface area contributed by atoms with E-state index in [-0.39, 0.29) is 0 Å². The highest BCUT2D eigenvalue weighted by molar-refractivity contribution is 5.31. The van der Waals surface area contributed by atoms with Crippen LogP contribution in [0.3, 0.4) is 0 Å². The fourth-order valence-electron chi connectivity index (χ4n) is 4.14. The van der Waals surface area contributed by atoms with Crippen LogP contribution in [0.5, 0.6) is 0 Å². The van der Waals surface area contributed by atoms with Crippen LogP contribution in [0.25, 0.3) is 0 Å². The Morgan fingerprint density at radius 3 is 1.45 bits per heavy atom. The molecule has 0 amide bonds. The number of unbranched alkanes of at least 4 members (excludes halogenated alkanes) is 14. The van der Waals surface area contributed by atoms with Crippen LogP contribution in [-0.4, -0.2) is 13.1 Å². The number of rotatable bonds is 20. The molecule has 2 N–H and O–H groups in total. The van der Waals surface area contributed by atoms with E-state index in [9.17, 15) is 0 Å². The molecule has 0 saturated carbocycles. The standard InChI is InChI=1S/C27H52N2.C2H6/c1-4-6-8-10-12-14-16-18-22-28-26-21-20-25(3)24-27(26)29-23-19-17-15-13-11-9-7-5-2;1-2/h21,24-25,28-29H,4-20,22-23H2,1-3H3;1-2H3. The minimum Gasteiger partial charge on any atom is -0.384 e. The van der Waals surface area contributed by atoms with Gasteiger partial charge < -0.3 is 10.6 Å². The summed E-state index contributed by atoms with van der Waals surface area (Å²) in [5.74, 6) is 0.657. The Morgan fingerprint density at radius 2 is 1.00 bits per heavy atom. The minimum atomic E-state index is 0.657. The number of hydrogen-bond acceptors (Lipinski definition) is 2. The third-order valence-corrected chi connectivity index (χ3v) is 6.13. The highest BCUT2D eigenvalue weighted by Gasteiger charge is 2.12. The average molecular weight is 435 g/mol. The molecule has 0 saturated heterocycles. The van der Waals surface area contributed by atoms with Crippen LogP contribution >= 0.6 is 0 Å². The molecule has 0 bridgehead atoms. The molecular weight excluding hydrogens is 376 g/mol. The smallest absolute Gasteiger partial charge is 0.0535 e. The van der Waals surface area contributed by atoms with Gasteiger partial charge in [-0.1, -0.05) is 137 Å². The van der Waals surface area contributed by atoms with Crippen molar-refractivity contribution in [2.45, 2.75) is 144 Å². The van der Waals surface area contributed by atoms with Crippen LogP contribution < -0.4 is 10.6 Å². The lowest BCUT2D eigenvalue weighted by molar-refractivity contribution is 0.557. The molecular formula is C29H58N2. The van der Waals surface area contributed by atoms with E-state index in [0.29, 0.717) is 5.92 Å². The van der Waals surface area contributed by atoms with Crippen molar-refractivity contribution in [2.75, 3.05) is 13.1 Å². The van der Waals surface area contributed by atoms with Gasteiger partial charge in [-0.2, -0.15) is 0 Å². The second-order valence-electron chi connectivity index (χ2n) is 9.21. The maximum absolute atomic E-state index is 3.72. The first-order chi connectivity index (χ1) is 15.3. The van der Waals surface area contributed by atoms with Crippen LogP contribution in [0.1, 0.15) is 144 Å². The van der Waals surface area contributed by atoms with E-state index < -0.39 is 0 Å². The third-order valence-electron chi connectivity index (χ3n) is 6.13. The zero-order chi connectivity index (χ0) is 23.0. The van der Waals surface area contributed by atoms with Gasteiger partial charge in [0.2, 0.25) is 0 Å². The molecule has 31 heavy (non-hydrogen) atoms. The lowest BCUT2D eigenvalue weighted by Crippen LogP contribution is -2.27. The molecule has 1 aliphatic rings. The first-order valence-corrected chi connectivity index (χ1v) is 14.2. The van der Waals surface area contributed by atoms with Crippen LogP contribution in [0.2, 0.25) is 0 Å². The first kappa shape index (κ1) is 30.1. The molecule has 1 atom stereocenters. The van der Waals surface area contributed by atoms with E-state index in [2.05, 4.69) is 43.6 Å². The first-order valence-electron chi connectivity index (χ1n) is 14.2. The normalized spacial score (nSPS) is 15.6. The lowest BCUT2D eigenvalue weighted by Gasteiger charge is -2.22. The maximum Gasteiger partial charge on any atom is 0.0535 e. The summed E-state index contributed by atoms with van der Waals surface area (Å²) in [6.07, 6.45) is 28.2. The molecule has 2 nitrogen and oxygen atoms in total. The maximum atomic E-state index is 3.72. The fourth-order valence-corrected chi connectivity index (χ4v) is 4.14. The van der Waals surface area contributed by atoms with Gasteiger partial charge >= 0.3 is 0 Å². The van der Waals surface area contributed by atoms with Crippen molar-refractivity contribution in [2.24, 2.45) is 5.92 Å². The summed E-state index contributed by atoms with van der Waals surface area (Å²) in [5.41, 5.74) is 2.71. The zero-order valence-electron chi connectivity index (χ0n) is 22.2. The molecule has 0 spiro atoms. The molecule has 0 aromatic rings. The van der Waals surface area contributed by atoms with Gasteiger partial charge in [0.15, 0.2) is 0 Å². The quantitative estimate of drug-likeness (QED) is 0.186. The Hall–Kier alpha value is -0.920. The predicted octanol–water partition coefficient (Wildman–Crippen LogP) is 9.28. The molecule has 0 aromatic heterocycles. The Kier molecular flexibility index (Phi) is 23.0. The monoisotopic (exact) mass is 434 g/mol. The summed E-state index contributed by atoms with van der Waals surface area (Å²) >= 11 is 0. The Labute approximate surface area is 197 Å². The van der Waals surface area contributed by atoms with Crippen molar-refractivity contribution in [3.63, 3.8) is 0 Å². The topological polar surface area (TPSA) is 24.1 Å². The highest BCUT2D eigenvalue weighted by Crippen LogP contribution is 2.20. The van der Waals surface area contributed by atoms with E-state index >= 15 is 0 Å². The lowest BCUT2D eigenvalue weighted by atomic mass is 9.98. The second-order valence-corrected chi connectivity index (χ2v) is 9.21. The predicted molar refractivity (Wildman–Crippen MR) is 143 cm³/mol. The Balaban J connectivity index is 0.00000436. The summed E-state index contributed by atoms with van der Waals surface area (Å²) in [7, 11) is 0. The van der Waals surface area contributed by atoms with Gasteiger partial charge in [0.25, 0.3) is 0 Å². The molecule has 0 aromatic carbocycles. The van der Waals surface area contributed by atoms with Crippen LogP contribution in [0, 0.1) is 5.92 Å². The van der Waals surface area contributed by atoms with Gasteiger partial charge in [0, 0.05) is 13.1 Å². The van der Waals surface area contributed by atoms with Crippen molar-refractivity contribution in [3.05, 3.63) is 23.5 Å². The number of nitrogens with one attached hydrogen (secondary N) is 2. The van der Waals surface area contributed by atoms with E-state index in [1.165, 1.54) is 121 Å². The van der Waals surface area contributed by atoms with Crippen LogP contribution in [-0.2, 0) is 0 Å². The molecule has 1 unspecified atom stereocenters. The summed E-state index contributed by atoms with van der Waals surface area (Å²) in [4.78, 5) is 0. The third kappa shape index (κ3) is 18.4. The zero-order valence-corrected chi connectivity index (χ0v) is 22.2. The van der Waals surface area contributed by atoms with Crippen molar-refractivity contribution < 1.29 is 0 Å². The molecule has 0 heterocycles. The fraction of sp³-hybridized carbons (Fsp3) is 0.862. The summed E-state index contributed by atoms with van der Waals surface area (Å²) in [6, 6.07) is 0. The molecule has 0 radical (unpaired) electrons. The molecule has 0 fully saturated rings. The largest absolute Gasteiger partial charge is 0.384 e. The Morgan fingerprint density at radius 1 is 0.613 bits per heavy atom. The van der Waals surface area contributed by atoms with Crippen LogP contribution in [0.4, 0.5) is 0 Å². The van der Waals surface area contributed by atoms with E-state index in [1.807, 2.05) is 13.8 Å². The SMILES string of the molecule is CC.CCCCCCCCCCNC1=CCC(C)C=C1NCCCCCCCCCC. The van der Waals surface area contributed by atoms with E-state index in [4.69, 9.17) is 0 Å². The highest BCUT2D eigenvalue weighted by atomic mass is 15.0. The van der Waals surface area contributed by atoms with Gasteiger partial charge in [-0.15, -0.1) is 0 Å². The van der Waals surface area contributed by atoms with Crippen LogP contribution in [0.15, 0.2) is 23.5 Å². The summed E-state index contributed by atoms with van der Waals surface area (Å²) in [6.45, 7) is 13.1. The van der Waals surface area contributed by atoms with Crippen molar-refractivity contribution >= 4 is 0 Å². The van der Waals surface area contributed by atoms with Gasteiger partial charge in [0.1, 0.15) is 0 Å². The van der Waals surface area contributed by atoms with Gasteiger partial charge in [-0.05, 0) is 25.2 Å². The second kappa shape index (κ2) is 23.7. The van der Waals surface area contributed by atoms with Gasteiger partial charge in [-0.3, -0.25) is 0 Å². The minimum absolute atomic E-state index is 0.657. The number of allylic oxidation sites excluding steroid dienone is 2. The van der Waals surface area contributed by atoms with Gasteiger partial charge in [-0.25, -0.2) is 0 Å². The summed E-state index contributed by atoms with van der Waals surface area (Å²) < 4.78 is 0. The Bertz CT molecular complexity index is 424. The van der Waals surface area contributed by atoms with Gasteiger partial charge in [0.05, 0.1) is 11.4 Å². The summed E-state index contributed by atoms with van der Waals surface area (Å²) in [5, 5.41) is 7.44. The molecule has 2 heteroatoms. The van der Waals surface area contributed by atoms with E-state index in [1.54, 1.807) is 0 Å². The number of hydrogen-bond donors (Lipinski definition) is 2. The molecule has 1 rings (SSSR count). The molecule has 1 aliphatic carbocycles. The molecule has 0 aliphatic heterocycles. The molecule has 184 valence electrons. The van der Waals surface area contributed by atoms with E-state index in [0.717, 1.165) is 13.1 Å². The van der Waals surface area contributed by atoms with Crippen molar-refractivity contribution in [1.82, 2.24) is 10.6 Å². The van der Waals surface area contributed by atoms with Crippen molar-refractivity contribution in [1.29, 1.82) is 0 Å².